The van der Waals surface area contributed by atoms with Gasteiger partial charge in [-0.2, -0.15) is 0 Å². The van der Waals surface area contributed by atoms with Gasteiger partial charge in [0, 0.05) is 12.6 Å². The van der Waals surface area contributed by atoms with Gasteiger partial charge in [-0.25, -0.2) is 5.84 Å². The summed E-state index contributed by atoms with van der Waals surface area (Å²) in [5.74, 6) is 6.89. The fraction of sp³-hybridized carbons (Fsp3) is 0.917. The Labute approximate surface area is 99.1 Å². The van der Waals surface area contributed by atoms with Crippen LogP contribution in [0.2, 0.25) is 0 Å². The maximum atomic E-state index is 5.43. The number of unbranched alkanes of at least 4 members (excludes halogenated alkanes) is 1. The lowest BCUT2D eigenvalue weighted by Gasteiger charge is -2.13. The zero-order chi connectivity index (χ0) is 11.8. The lowest BCUT2D eigenvalue weighted by Crippen LogP contribution is -2.42. The Morgan fingerprint density at radius 1 is 1.44 bits per heavy atom. The van der Waals surface area contributed by atoms with Crippen LogP contribution >= 0.6 is 0 Å². The monoisotopic (exact) mass is 226 g/mol. The number of hydrogen-bond donors (Lipinski definition) is 3. The van der Waals surface area contributed by atoms with Crippen molar-refractivity contribution in [3.8, 4) is 0 Å². The Bertz CT molecular complexity index is 211. The number of nitrogens with zero attached hydrogens (tertiary/aromatic N) is 1. The summed E-state index contributed by atoms with van der Waals surface area (Å²) in [4.78, 5) is 4.52. The molecular weight excluding hydrogens is 200 g/mol. The molecule has 94 valence electrons. The van der Waals surface area contributed by atoms with Gasteiger partial charge < -0.3 is 5.32 Å². The molecule has 0 amide bonds. The van der Waals surface area contributed by atoms with E-state index in [0.717, 1.165) is 12.5 Å². The molecule has 0 bridgehead atoms. The topological polar surface area (TPSA) is 62.4 Å². The Morgan fingerprint density at radius 3 is 2.69 bits per heavy atom. The van der Waals surface area contributed by atoms with Crippen LogP contribution in [0.1, 0.15) is 52.4 Å². The van der Waals surface area contributed by atoms with Crippen molar-refractivity contribution in [2.75, 3.05) is 6.54 Å². The maximum absolute atomic E-state index is 5.43. The van der Waals surface area contributed by atoms with E-state index in [-0.39, 0.29) is 0 Å². The molecule has 4 N–H and O–H groups in total. The third-order valence-electron chi connectivity index (χ3n) is 3.11. The highest BCUT2D eigenvalue weighted by atomic mass is 15.3. The lowest BCUT2D eigenvalue weighted by atomic mass is 10.00. The molecule has 0 aromatic rings. The number of hydrogen-bond acceptors (Lipinski definition) is 2. The van der Waals surface area contributed by atoms with Crippen LogP contribution < -0.4 is 16.6 Å². The number of rotatable bonds is 7. The number of nitrogens with one attached hydrogen (secondary N) is 2. The first-order chi connectivity index (χ1) is 7.80. The van der Waals surface area contributed by atoms with Gasteiger partial charge in [-0.15, -0.1) is 0 Å². The van der Waals surface area contributed by atoms with Crippen LogP contribution in [0.4, 0.5) is 0 Å². The van der Waals surface area contributed by atoms with Gasteiger partial charge >= 0.3 is 0 Å². The van der Waals surface area contributed by atoms with Gasteiger partial charge in [-0.3, -0.25) is 10.4 Å². The van der Waals surface area contributed by atoms with Crippen LogP contribution in [0.3, 0.4) is 0 Å². The second-order valence-corrected chi connectivity index (χ2v) is 4.67. The molecule has 0 saturated heterocycles. The molecule has 4 nitrogen and oxygen atoms in total. The number of aliphatic imine (C=N–C) groups is 1. The highest BCUT2D eigenvalue weighted by Gasteiger charge is 2.22. The van der Waals surface area contributed by atoms with E-state index in [2.05, 4.69) is 29.6 Å². The summed E-state index contributed by atoms with van der Waals surface area (Å²) >= 11 is 0. The van der Waals surface area contributed by atoms with Gasteiger partial charge in [0.1, 0.15) is 0 Å². The van der Waals surface area contributed by atoms with E-state index in [1.165, 1.54) is 38.5 Å². The van der Waals surface area contributed by atoms with Crippen molar-refractivity contribution in [3.05, 3.63) is 0 Å². The molecule has 1 unspecified atom stereocenters. The standard InChI is InChI=1S/C12H26N4/c1-3-5-6-10(4-2)9-14-12(16-13)15-11-7-8-11/h10-11H,3-9,13H2,1-2H3,(H2,14,15,16). The van der Waals surface area contributed by atoms with Crippen molar-refractivity contribution in [1.29, 1.82) is 0 Å². The molecule has 1 fully saturated rings. The summed E-state index contributed by atoms with van der Waals surface area (Å²) in [6.07, 6.45) is 7.53. The molecule has 0 aromatic carbocycles. The first-order valence-electron chi connectivity index (χ1n) is 6.57. The summed E-state index contributed by atoms with van der Waals surface area (Å²) in [7, 11) is 0. The maximum Gasteiger partial charge on any atom is 0.205 e. The normalized spacial score (nSPS) is 18.3. The van der Waals surface area contributed by atoms with Crippen molar-refractivity contribution in [2.45, 2.75) is 58.4 Å². The Morgan fingerprint density at radius 2 is 2.19 bits per heavy atom. The van der Waals surface area contributed by atoms with Gasteiger partial charge in [0.25, 0.3) is 0 Å². The highest BCUT2D eigenvalue weighted by molar-refractivity contribution is 5.79. The molecule has 4 heteroatoms. The third-order valence-corrected chi connectivity index (χ3v) is 3.11. The van der Waals surface area contributed by atoms with Crippen molar-refractivity contribution >= 4 is 5.96 Å². The summed E-state index contributed by atoms with van der Waals surface area (Å²) in [5, 5.41) is 3.29. The fourth-order valence-electron chi connectivity index (χ4n) is 1.69. The van der Waals surface area contributed by atoms with Gasteiger partial charge in [0.15, 0.2) is 0 Å². The molecule has 1 aliphatic rings. The molecular formula is C12H26N4. The molecule has 0 heterocycles. The molecule has 1 atom stereocenters. The predicted octanol–water partition coefficient (Wildman–Crippen LogP) is 1.77. The summed E-state index contributed by atoms with van der Waals surface area (Å²) in [5.41, 5.74) is 2.65. The predicted molar refractivity (Wildman–Crippen MR) is 69.1 cm³/mol. The summed E-state index contributed by atoms with van der Waals surface area (Å²) in [6.45, 7) is 5.35. The average molecular weight is 226 g/mol. The van der Waals surface area contributed by atoms with Gasteiger partial charge in [0.05, 0.1) is 0 Å². The van der Waals surface area contributed by atoms with Crippen molar-refractivity contribution in [2.24, 2.45) is 16.8 Å². The molecule has 0 radical (unpaired) electrons. The average Bonchev–Trinajstić information content (AvgIpc) is 3.11. The number of guanidine groups is 1. The fourth-order valence-corrected chi connectivity index (χ4v) is 1.69. The summed E-state index contributed by atoms with van der Waals surface area (Å²) in [6, 6.07) is 0.602. The number of hydrazine groups is 1. The number of nitrogens with two attached hydrogens (primary N) is 1. The third kappa shape index (κ3) is 5.35. The van der Waals surface area contributed by atoms with E-state index in [1.807, 2.05) is 0 Å². The first-order valence-corrected chi connectivity index (χ1v) is 6.57. The Kier molecular flexibility index (Phi) is 6.23. The van der Waals surface area contributed by atoms with Crippen LogP contribution in [0.5, 0.6) is 0 Å². The van der Waals surface area contributed by atoms with E-state index >= 15 is 0 Å². The van der Waals surface area contributed by atoms with Crippen LogP contribution in [0.25, 0.3) is 0 Å². The van der Waals surface area contributed by atoms with Crippen molar-refractivity contribution in [1.82, 2.24) is 10.7 Å². The minimum absolute atomic E-state index is 0.602. The Balaban J connectivity index is 2.27. The highest BCUT2D eigenvalue weighted by Crippen LogP contribution is 2.18. The van der Waals surface area contributed by atoms with E-state index in [1.54, 1.807) is 0 Å². The van der Waals surface area contributed by atoms with Crippen molar-refractivity contribution < 1.29 is 0 Å². The Hall–Kier alpha value is -0.770. The molecule has 0 aromatic heterocycles. The SMILES string of the molecule is CCCCC(CC)CN=C(NN)NC1CC1. The minimum Gasteiger partial charge on any atom is -0.353 e. The van der Waals surface area contributed by atoms with Crippen LogP contribution in [-0.2, 0) is 0 Å². The van der Waals surface area contributed by atoms with E-state index in [4.69, 9.17) is 5.84 Å². The largest absolute Gasteiger partial charge is 0.353 e. The van der Waals surface area contributed by atoms with Crippen LogP contribution in [0.15, 0.2) is 4.99 Å². The lowest BCUT2D eigenvalue weighted by molar-refractivity contribution is 0.461. The molecule has 16 heavy (non-hydrogen) atoms. The van der Waals surface area contributed by atoms with Gasteiger partial charge in [0.2, 0.25) is 5.96 Å². The van der Waals surface area contributed by atoms with E-state index in [0.29, 0.717) is 12.0 Å². The van der Waals surface area contributed by atoms with Crippen LogP contribution in [0, 0.1) is 5.92 Å². The molecule has 0 spiro atoms. The second kappa shape index (κ2) is 7.49. The molecule has 0 aliphatic heterocycles. The zero-order valence-electron chi connectivity index (χ0n) is 10.6. The molecule has 1 saturated carbocycles. The molecule has 1 aliphatic carbocycles. The molecule has 1 rings (SSSR count). The van der Waals surface area contributed by atoms with E-state index < -0.39 is 0 Å². The van der Waals surface area contributed by atoms with E-state index in [9.17, 15) is 0 Å². The first kappa shape index (κ1) is 13.3. The quantitative estimate of drug-likeness (QED) is 0.268. The summed E-state index contributed by atoms with van der Waals surface area (Å²) < 4.78 is 0. The smallest absolute Gasteiger partial charge is 0.205 e. The van der Waals surface area contributed by atoms with Gasteiger partial charge in [-0.1, -0.05) is 33.1 Å². The second-order valence-electron chi connectivity index (χ2n) is 4.67. The minimum atomic E-state index is 0.602. The van der Waals surface area contributed by atoms with Crippen molar-refractivity contribution in [3.63, 3.8) is 0 Å². The van der Waals surface area contributed by atoms with Crippen LogP contribution in [-0.4, -0.2) is 18.5 Å². The van der Waals surface area contributed by atoms with Gasteiger partial charge in [-0.05, 0) is 25.2 Å². The zero-order valence-corrected chi connectivity index (χ0v) is 10.6.